The summed E-state index contributed by atoms with van der Waals surface area (Å²) in [6.07, 6.45) is 17.8. The Bertz CT molecular complexity index is 294. The van der Waals surface area contributed by atoms with Crippen LogP contribution in [0.4, 0.5) is 0 Å². The van der Waals surface area contributed by atoms with Gasteiger partial charge in [-0.05, 0) is 19.5 Å². The predicted molar refractivity (Wildman–Crippen MR) is 112 cm³/mol. The van der Waals surface area contributed by atoms with Crippen molar-refractivity contribution in [2.24, 2.45) is 0 Å². The molecule has 0 spiro atoms. The van der Waals surface area contributed by atoms with Gasteiger partial charge < -0.3 is 9.74 Å². The molecular weight excluding hydrogens is 324 g/mol. The Balaban J connectivity index is 3.21. The van der Waals surface area contributed by atoms with E-state index in [0.29, 0.717) is 13.0 Å². The van der Waals surface area contributed by atoms with Gasteiger partial charge in [0.25, 0.3) is 0 Å². The number of carbonyl (C=O) groups excluding carboxylic acids is 1. The summed E-state index contributed by atoms with van der Waals surface area (Å²) in [7, 11) is 0. The van der Waals surface area contributed by atoms with Crippen LogP contribution in [0.3, 0.4) is 0 Å². The van der Waals surface area contributed by atoms with E-state index in [9.17, 15) is 4.79 Å². The van der Waals surface area contributed by atoms with E-state index in [4.69, 9.17) is 4.84 Å². The van der Waals surface area contributed by atoms with Gasteiger partial charge in [0.15, 0.2) is 0 Å². The minimum Gasteiger partial charge on any atom is -0.371 e. The molecule has 0 atom stereocenters. The third-order valence-corrected chi connectivity index (χ3v) is 5.09. The Kier molecular flexibility index (Phi) is 20.2. The molecule has 0 aliphatic carbocycles. The van der Waals surface area contributed by atoms with Gasteiger partial charge in [0.05, 0.1) is 0 Å². The van der Waals surface area contributed by atoms with Crippen molar-refractivity contribution in [2.75, 3.05) is 26.2 Å². The molecule has 0 unspecified atom stereocenters. The molecular formula is C22H46N2O2. The van der Waals surface area contributed by atoms with E-state index < -0.39 is 0 Å². The quantitative estimate of drug-likeness (QED) is 0.215. The summed E-state index contributed by atoms with van der Waals surface area (Å²) in [5.74, 6) is -0.118. The smallest absolute Gasteiger partial charge is 0.324 e. The molecule has 0 bridgehead atoms. The highest BCUT2D eigenvalue weighted by atomic mass is 16.7. The first-order valence-electron chi connectivity index (χ1n) is 11.4. The van der Waals surface area contributed by atoms with E-state index >= 15 is 0 Å². The van der Waals surface area contributed by atoms with Gasteiger partial charge in [0.2, 0.25) is 0 Å². The normalized spacial score (nSPS) is 11.2. The third-order valence-electron chi connectivity index (χ3n) is 5.09. The van der Waals surface area contributed by atoms with Crippen LogP contribution in [0.25, 0.3) is 0 Å². The van der Waals surface area contributed by atoms with Gasteiger partial charge in [-0.25, -0.2) is 0 Å². The average Bonchev–Trinajstić information content (AvgIpc) is 2.65. The molecule has 0 aliphatic heterocycles. The molecule has 0 saturated heterocycles. The highest BCUT2D eigenvalue weighted by Gasteiger charge is 2.03. The van der Waals surface area contributed by atoms with Crippen molar-refractivity contribution in [3.05, 3.63) is 0 Å². The van der Waals surface area contributed by atoms with E-state index in [1.165, 1.54) is 70.6 Å². The second-order valence-corrected chi connectivity index (χ2v) is 7.39. The zero-order chi connectivity index (χ0) is 19.3. The fraction of sp³-hybridized carbons (Fsp3) is 0.955. The maximum atomic E-state index is 11.6. The molecule has 0 radical (unpaired) electrons. The summed E-state index contributed by atoms with van der Waals surface area (Å²) >= 11 is 0. The van der Waals surface area contributed by atoms with Gasteiger partial charge in [-0.3, -0.25) is 4.79 Å². The molecule has 0 aromatic rings. The van der Waals surface area contributed by atoms with Crippen LogP contribution < -0.4 is 5.48 Å². The minimum atomic E-state index is -0.118. The van der Waals surface area contributed by atoms with E-state index in [2.05, 4.69) is 31.2 Å². The zero-order valence-electron chi connectivity index (χ0n) is 18.0. The molecule has 0 aromatic carbocycles. The van der Waals surface area contributed by atoms with Crippen molar-refractivity contribution in [1.82, 2.24) is 10.4 Å². The molecule has 0 fully saturated rings. The van der Waals surface area contributed by atoms with Crippen molar-refractivity contribution in [1.29, 1.82) is 0 Å². The summed E-state index contributed by atoms with van der Waals surface area (Å²) in [4.78, 5) is 19.0. The highest BCUT2D eigenvalue weighted by Crippen LogP contribution is 2.12. The van der Waals surface area contributed by atoms with Crippen LogP contribution >= 0.6 is 0 Å². The number of rotatable bonds is 20. The van der Waals surface area contributed by atoms with Gasteiger partial charge in [-0.1, -0.05) is 97.8 Å². The summed E-state index contributed by atoms with van der Waals surface area (Å²) in [5.41, 5.74) is 2.79. The predicted octanol–water partition coefficient (Wildman–Crippen LogP) is 5.86. The topological polar surface area (TPSA) is 41.6 Å². The molecule has 156 valence electrons. The van der Waals surface area contributed by atoms with Gasteiger partial charge in [0.1, 0.15) is 0 Å². The van der Waals surface area contributed by atoms with E-state index in [0.717, 1.165) is 32.5 Å². The number of hydrogen-bond donors (Lipinski definition) is 1. The average molecular weight is 371 g/mol. The lowest BCUT2D eigenvalue weighted by atomic mass is 10.0. The summed E-state index contributed by atoms with van der Waals surface area (Å²) in [6, 6.07) is 0. The maximum Gasteiger partial charge on any atom is 0.324 e. The van der Waals surface area contributed by atoms with Crippen LogP contribution in [-0.4, -0.2) is 37.0 Å². The maximum absolute atomic E-state index is 11.6. The first-order chi connectivity index (χ1) is 12.7. The summed E-state index contributed by atoms with van der Waals surface area (Å²) < 4.78 is 0. The van der Waals surface area contributed by atoms with Gasteiger partial charge >= 0.3 is 5.97 Å². The Morgan fingerprint density at radius 1 is 0.731 bits per heavy atom. The molecule has 0 amide bonds. The highest BCUT2D eigenvalue weighted by molar-refractivity contribution is 5.68. The Labute approximate surface area is 163 Å². The fourth-order valence-electron chi connectivity index (χ4n) is 3.21. The first kappa shape index (κ1) is 25.4. The van der Waals surface area contributed by atoms with E-state index in [-0.39, 0.29) is 5.97 Å². The van der Waals surface area contributed by atoms with Crippen LogP contribution in [0.5, 0.6) is 0 Å². The Morgan fingerprint density at radius 2 is 1.19 bits per heavy atom. The van der Waals surface area contributed by atoms with Crippen LogP contribution in [0.15, 0.2) is 0 Å². The summed E-state index contributed by atoms with van der Waals surface area (Å²) in [6.45, 7) is 10.2. The molecule has 0 saturated carbocycles. The number of likely N-dealkylation sites (N-methyl/N-ethyl adjacent to an activating group) is 1. The minimum absolute atomic E-state index is 0.118. The monoisotopic (exact) mass is 370 g/mol. The Hall–Kier alpha value is -0.610. The van der Waals surface area contributed by atoms with Crippen molar-refractivity contribution in [3.8, 4) is 0 Å². The summed E-state index contributed by atoms with van der Waals surface area (Å²) in [5, 5.41) is 0. The second kappa shape index (κ2) is 20.7. The Morgan fingerprint density at radius 3 is 1.65 bits per heavy atom. The molecule has 1 N–H and O–H groups in total. The fourth-order valence-corrected chi connectivity index (χ4v) is 3.21. The molecule has 0 aliphatic rings. The SMILES string of the molecule is CCCCCCCCCCCCCCCC(=O)ONCCN(CC)CC. The number of nitrogens with one attached hydrogen (secondary N) is 1. The van der Waals surface area contributed by atoms with Gasteiger partial charge in [-0.15, -0.1) is 0 Å². The number of hydroxylamine groups is 1. The molecule has 4 heteroatoms. The van der Waals surface area contributed by atoms with Gasteiger partial charge in [0, 0.05) is 19.5 Å². The standard InChI is InChI=1S/C22H46N2O2/c1-4-7-8-9-10-11-12-13-14-15-16-17-18-19-22(25)26-23-20-21-24(5-2)6-3/h23H,4-21H2,1-3H3. The van der Waals surface area contributed by atoms with Crippen molar-refractivity contribution >= 4 is 5.97 Å². The second-order valence-electron chi connectivity index (χ2n) is 7.39. The largest absolute Gasteiger partial charge is 0.371 e. The molecule has 26 heavy (non-hydrogen) atoms. The molecule has 4 nitrogen and oxygen atoms in total. The van der Waals surface area contributed by atoms with E-state index in [1.807, 2.05) is 0 Å². The zero-order valence-corrected chi connectivity index (χ0v) is 18.0. The van der Waals surface area contributed by atoms with Crippen LogP contribution in [0.1, 0.15) is 111 Å². The van der Waals surface area contributed by atoms with Crippen LogP contribution in [0, 0.1) is 0 Å². The molecule has 0 rings (SSSR count). The van der Waals surface area contributed by atoms with Gasteiger partial charge in [-0.2, -0.15) is 5.48 Å². The number of hydrogen-bond acceptors (Lipinski definition) is 4. The van der Waals surface area contributed by atoms with Crippen LogP contribution in [0.2, 0.25) is 0 Å². The number of nitrogens with zero attached hydrogens (tertiary/aromatic N) is 1. The van der Waals surface area contributed by atoms with Crippen molar-refractivity contribution in [3.63, 3.8) is 0 Å². The van der Waals surface area contributed by atoms with Crippen molar-refractivity contribution < 1.29 is 9.63 Å². The van der Waals surface area contributed by atoms with E-state index in [1.54, 1.807) is 0 Å². The first-order valence-corrected chi connectivity index (χ1v) is 11.4. The molecule has 0 aromatic heterocycles. The third kappa shape index (κ3) is 18.2. The number of carbonyl (C=O) groups is 1. The number of unbranched alkanes of at least 4 members (excludes halogenated alkanes) is 12. The van der Waals surface area contributed by atoms with Crippen LogP contribution in [-0.2, 0) is 9.63 Å². The molecule has 0 heterocycles. The van der Waals surface area contributed by atoms with Crippen molar-refractivity contribution in [2.45, 2.75) is 111 Å². The lowest BCUT2D eigenvalue weighted by Crippen LogP contribution is -2.33. The lowest BCUT2D eigenvalue weighted by molar-refractivity contribution is -0.151. The lowest BCUT2D eigenvalue weighted by Gasteiger charge is -2.17.